The molecular weight excluding hydrogens is 153 g/mol. The SMILES string of the molecule is CC(C)N1CCC(F)C(C)(C)C1. The van der Waals surface area contributed by atoms with Gasteiger partial charge < -0.3 is 4.90 Å². The molecule has 0 N–H and O–H groups in total. The fourth-order valence-electron chi connectivity index (χ4n) is 1.81. The Kier molecular flexibility index (Phi) is 2.77. The summed E-state index contributed by atoms with van der Waals surface area (Å²) in [5.41, 5.74) is -0.150. The van der Waals surface area contributed by atoms with E-state index in [0.717, 1.165) is 13.1 Å². The molecule has 1 atom stereocenters. The van der Waals surface area contributed by atoms with Crippen LogP contribution in [0.2, 0.25) is 0 Å². The van der Waals surface area contributed by atoms with Gasteiger partial charge in [0.25, 0.3) is 0 Å². The van der Waals surface area contributed by atoms with Crippen molar-refractivity contribution < 1.29 is 4.39 Å². The quantitative estimate of drug-likeness (QED) is 0.589. The van der Waals surface area contributed by atoms with Gasteiger partial charge in [-0.15, -0.1) is 0 Å². The van der Waals surface area contributed by atoms with Gasteiger partial charge in [-0.05, 0) is 20.3 Å². The van der Waals surface area contributed by atoms with Crippen molar-refractivity contribution in [2.24, 2.45) is 5.41 Å². The minimum Gasteiger partial charge on any atom is -0.300 e. The Bertz CT molecular complexity index is 154. The van der Waals surface area contributed by atoms with Crippen LogP contribution < -0.4 is 0 Å². The fraction of sp³-hybridized carbons (Fsp3) is 1.00. The molecule has 0 spiro atoms. The molecule has 0 aromatic carbocycles. The first-order valence-corrected chi connectivity index (χ1v) is 4.81. The number of hydrogen-bond acceptors (Lipinski definition) is 1. The maximum atomic E-state index is 13.4. The van der Waals surface area contributed by atoms with Gasteiger partial charge in [-0.25, -0.2) is 4.39 Å². The molecule has 12 heavy (non-hydrogen) atoms. The summed E-state index contributed by atoms with van der Waals surface area (Å²) in [6.07, 6.45) is 0.0815. The number of alkyl halides is 1. The molecule has 0 bridgehead atoms. The smallest absolute Gasteiger partial charge is 0.108 e. The Morgan fingerprint density at radius 2 is 2.00 bits per heavy atom. The van der Waals surface area contributed by atoms with Crippen LogP contribution in [0.4, 0.5) is 4.39 Å². The third-order valence-corrected chi connectivity index (χ3v) is 2.86. The van der Waals surface area contributed by atoms with Crippen LogP contribution >= 0.6 is 0 Å². The van der Waals surface area contributed by atoms with Crippen LogP contribution in [-0.2, 0) is 0 Å². The second-order valence-electron chi connectivity index (χ2n) is 4.81. The zero-order chi connectivity index (χ0) is 9.35. The topological polar surface area (TPSA) is 3.24 Å². The standard InChI is InChI=1S/C10H20FN/c1-8(2)12-6-5-9(11)10(3,4)7-12/h8-9H,5-7H2,1-4H3. The van der Waals surface area contributed by atoms with E-state index in [4.69, 9.17) is 0 Å². The van der Waals surface area contributed by atoms with Gasteiger partial charge in [0.15, 0.2) is 0 Å². The minimum atomic E-state index is -0.618. The van der Waals surface area contributed by atoms with Crippen molar-refractivity contribution >= 4 is 0 Å². The predicted octanol–water partition coefficient (Wildman–Crippen LogP) is 2.46. The Morgan fingerprint density at radius 1 is 1.42 bits per heavy atom. The summed E-state index contributed by atoms with van der Waals surface area (Å²) in [5.74, 6) is 0. The van der Waals surface area contributed by atoms with Gasteiger partial charge in [-0.2, -0.15) is 0 Å². The van der Waals surface area contributed by atoms with Crippen LogP contribution in [0.15, 0.2) is 0 Å². The van der Waals surface area contributed by atoms with Crippen LogP contribution in [0.1, 0.15) is 34.1 Å². The third-order valence-electron chi connectivity index (χ3n) is 2.86. The molecule has 1 unspecified atom stereocenters. The molecule has 0 saturated carbocycles. The Hall–Kier alpha value is -0.110. The van der Waals surface area contributed by atoms with Gasteiger partial charge in [-0.1, -0.05) is 13.8 Å². The highest BCUT2D eigenvalue weighted by atomic mass is 19.1. The van der Waals surface area contributed by atoms with E-state index in [1.165, 1.54) is 0 Å². The van der Waals surface area contributed by atoms with Crippen molar-refractivity contribution in [1.29, 1.82) is 0 Å². The van der Waals surface area contributed by atoms with Gasteiger partial charge in [-0.3, -0.25) is 0 Å². The fourth-order valence-corrected chi connectivity index (χ4v) is 1.81. The van der Waals surface area contributed by atoms with E-state index in [2.05, 4.69) is 18.7 Å². The summed E-state index contributed by atoms with van der Waals surface area (Å²) >= 11 is 0. The summed E-state index contributed by atoms with van der Waals surface area (Å²) in [6.45, 7) is 10.2. The van der Waals surface area contributed by atoms with Gasteiger partial charge in [0.1, 0.15) is 6.17 Å². The highest BCUT2D eigenvalue weighted by Crippen LogP contribution is 2.32. The van der Waals surface area contributed by atoms with E-state index in [9.17, 15) is 4.39 Å². The summed E-state index contributed by atoms with van der Waals surface area (Å²) in [4.78, 5) is 2.36. The molecule has 1 rings (SSSR count). The van der Waals surface area contributed by atoms with E-state index in [1.807, 2.05) is 13.8 Å². The number of piperidine rings is 1. The van der Waals surface area contributed by atoms with E-state index in [1.54, 1.807) is 0 Å². The number of nitrogens with zero attached hydrogens (tertiary/aromatic N) is 1. The molecule has 1 aliphatic rings. The van der Waals surface area contributed by atoms with Crippen LogP contribution in [0, 0.1) is 5.41 Å². The minimum absolute atomic E-state index is 0.150. The third kappa shape index (κ3) is 1.98. The second-order valence-corrected chi connectivity index (χ2v) is 4.81. The van der Waals surface area contributed by atoms with Crippen molar-refractivity contribution in [1.82, 2.24) is 4.90 Å². The number of hydrogen-bond donors (Lipinski definition) is 0. The average molecular weight is 173 g/mol. The van der Waals surface area contributed by atoms with Crippen molar-refractivity contribution in [2.45, 2.75) is 46.3 Å². The molecule has 0 radical (unpaired) electrons. The Labute approximate surface area is 74.9 Å². The largest absolute Gasteiger partial charge is 0.300 e. The lowest BCUT2D eigenvalue weighted by atomic mass is 9.82. The van der Waals surface area contributed by atoms with Crippen molar-refractivity contribution in [3.05, 3.63) is 0 Å². The molecule has 1 saturated heterocycles. The maximum absolute atomic E-state index is 13.4. The highest BCUT2D eigenvalue weighted by molar-refractivity contribution is 4.88. The first kappa shape index (κ1) is 9.97. The van der Waals surface area contributed by atoms with E-state index in [0.29, 0.717) is 12.5 Å². The summed E-state index contributed by atoms with van der Waals surface area (Å²) < 4.78 is 13.4. The monoisotopic (exact) mass is 173 g/mol. The molecule has 1 aliphatic heterocycles. The molecule has 1 heterocycles. The number of rotatable bonds is 1. The molecule has 72 valence electrons. The lowest BCUT2D eigenvalue weighted by molar-refractivity contribution is 0.0150. The number of likely N-dealkylation sites (tertiary alicyclic amines) is 1. The van der Waals surface area contributed by atoms with Crippen LogP contribution in [-0.4, -0.2) is 30.2 Å². The lowest BCUT2D eigenvalue weighted by Gasteiger charge is -2.42. The summed E-state index contributed by atoms with van der Waals surface area (Å²) in [7, 11) is 0. The predicted molar refractivity (Wildman–Crippen MR) is 50.0 cm³/mol. The highest BCUT2D eigenvalue weighted by Gasteiger charge is 2.36. The first-order valence-electron chi connectivity index (χ1n) is 4.81. The van der Waals surface area contributed by atoms with Crippen LogP contribution in [0.25, 0.3) is 0 Å². The molecule has 0 amide bonds. The normalized spacial score (nSPS) is 31.0. The average Bonchev–Trinajstić information content (AvgIpc) is 1.94. The van der Waals surface area contributed by atoms with E-state index >= 15 is 0 Å². The molecule has 0 aliphatic carbocycles. The number of halogens is 1. The van der Waals surface area contributed by atoms with E-state index in [-0.39, 0.29) is 5.41 Å². The van der Waals surface area contributed by atoms with Gasteiger partial charge in [0.2, 0.25) is 0 Å². The molecule has 2 heteroatoms. The molecule has 0 aromatic heterocycles. The van der Waals surface area contributed by atoms with Crippen molar-refractivity contribution in [3.63, 3.8) is 0 Å². The van der Waals surface area contributed by atoms with Crippen LogP contribution in [0.5, 0.6) is 0 Å². The second kappa shape index (κ2) is 3.33. The first-order chi connectivity index (χ1) is 5.43. The maximum Gasteiger partial charge on any atom is 0.108 e. The van der Waals surface area contributed by atoms with Crippen molar-refractivity contribution in [3.8, 4) is 0 Å². The summed E-state index contributed by atoms with van der Waals surface area (Å²) in [5, 5.41) is 0. The zero-order valence-corrected chi connectivity index (χ0v) is 8.60. The lowest BCUT2D eigenvalue weighted by Crippen LogP contribution is -2.49. The van der Waals surface area contributed by atoms with Gasteiger partial charge >= 0.3 is 0 Å². The van der Waals surface area contributed by atoms with Gasteiger partial charge in [0, 0.05) is 24.5 Å². The molecule has 1 fully saturated rings. The van der Waals surface area contributed by atoms with Crippen molar-refractivity contribution in [2.75, 3.05) is 13.1 Å². The van der Waals surface area contributed by atoms with E-state index < -0.39 is 6.17 Å². The Balaban J connectivity index is 2.57. The molecule has 1 nitrogen and oxygen atoms in total. The van der Waals surface area contributed by atoms with Gasteiger partial charge in [0.05, 0.1) is 0 Å². The summed E-state index contributed by atoms with van der Waals surface area (Å²) in [6, 6.07) is 0.553. The Morgan fingerprint density at radius 3 is 2.42 bits per heavy atom. The molecule has 0 aromatic rings. The molecular formula is C10H20FN. The van der Waals surface area contributed by atoms with Crippen LogP contribution in [0.3, 0.4) is 0 Å². The zero-order valence-electron chi connectivity index (χ0n) is 8.60.